The number of nitrogens with zero attached hydrogens (tertiary/aromatic N) is 1. The van der Waals surface area contributed by atoms with Gasteiger partial charge in [-0.15, -0.1) is 0 Å². The van der Waals surface area contributed by atoms with Gasteiger partial charge in [0.15, 0.2) is 0 Å². The molecule has 5 heteroatoms. The Morgan fingerprint density at radius 2 is 2.00 bits per heavy atom. The maximum absolute atomic E-state index is 11.0. The quantitative estimate of drug-likeness (QED) is 0.424. The Labute approximate surface area is 107 Å². The molecule has 100 valence electrons. The highest BCUT2D eigenvalue weighted by atomic mass is 16.6. The van der Waals surface area contributed by atoms with Crippen molar-refractivity contribution in [3.05, 3.63) is 33.9 Å². The normalized spacial score (nSPS) is 10.3. The molecule has 1 rings (SSSR count). The molecule has 0 saturated carbocycles. The van der Waals surface area contributed by atoms with Gasteiger partial charge in [0.05, 0.1) is 4.92 Å². The fourth-order valence-electron chi connectivity index (χ4n) is 1.86. The molecule has 0 aliphatic carbocycles. The first kappa shape index (κ1) is 14.4. The van der Waals surface area contributed by atoms with Crippen LogP contribution in [0.15, 0.2) is 18.2 Å². The molecule has 0 atom stereocenters. The van der Waals surface area contributed by atoms with Crippen LogP contribution < -0.4 is 5.32 Å². The Kier molecular flexibility index (Phi) is 6.14. The van der Waals surface area contributed by atoms with Gasteiger partial charge in [-0.1, -0.05) is 25.0 Å². The highest BCUT2D eigenvalue weighted by Gasteiger charge is 2.15. The molecule has 5 nitrogen and oxygen atoms in total. The third-order valence-electron chi connectivity index (χ3n) is 2.82. The van der Waals surface area contributed by atoms with E-state index < -0.39 is 0 Å². The van der Waals surface area contributed by atoms with E-state index in [1.165, 1.54) is 0 Å². The lowest BCUT2D eigenvalue weighted by molar-refractivity contribution is -0.384. The van der Waals surface area contributed by atoms with Gasteiger partial charge in [0.25, 0.3) is 5.69 Å². The zero-order valence-electron chi connectivity index (χ0n) is 10.7. The second kappa shape index (κ2) is 7.66. The molecule has 18 heavy (non-hydrogen) atoms. The predicted octanol–water partition coefficient (Wildman–Crippen LogP) is 2.87. The molecular formula is C13H20N2O3. The topological polar surface area (TPSA) is 75.4 Å². The van der Waals surface area contributed by atoms with Crippen molar-refractivity contribution in [1.29, 1.82) is 0 Å². The average Bonchev–Trinajstić information content (AvgIpc) is 2.33. The Hall–Kier alpha value is -1.62. The number of nitro benzene ring substituents is 1. The molecule has 2 N–H and O–H groups in total. The molecule has 0 aromatic heterocycles. The Morgan fingerprint density at radius 3 is 2.67 bits per heavy atom. The molecule has 1 aromatic carbocycles. The van der Waals surface area contributed by atoms with E-state index in [2.05, 4.69) is 5.32 Å². The zero-order valence-corrected chi connectivity index (χ0v) is 10.7. The number of nitro groups is 1. The van der Waals surface area contributed by atoms with E-state index in [0.29, 0.717) is 11.3 Å². The van der Waals surface area contributed by atoms with Crippen LogP contribution >= 0.6 is 0 Å². The number of aliphatic hydroxyl groups excluding tert-OH is 1. The molecule has 0 aliphatic heterocycles. The summed E-state index contributed by atoms with van der Waals surface area (Å²) in [5.41, 5.74) is 1.42. The van der Waals surface area contributed by atoms with Gasteiger partial charge in [-0.05, 0) is 25.8 Å². The SMILES string of the molecule is Cc1cccc(NCCCCCCO)c1[N+](=O)[O-]. The van der Waals surface area contributed by atoms with E-state index in [0.717, 1.165) is 32.2 Å². The maximum Gasteiger partial charge on any atom is 0.295 e. The first-order chi connectivity index (χ1) is 8.66. The third-order valence-corrected chi connectivity index (χ3v) is 2.82. The summed E-state index contributed by atoms with van der Waals surface area (Å²) in [4.78, 5) is 10.6. The monoisotopic (exact) mass is 252 g/mol. The van der Waals surface area contributed by atoms with Crippen molar-refractivity contribution in [3.8, 4) is 0 Å². The van der Waals surface area contributed by atoms with Crippen LogP contribution in [-0.2, 0) is 0 Å². The molecular weight excluding hydrogens is 232 g/mol. The van der Waals surface area contributed by atoms with E-state index in [9.17, 15) is 10.1 Å². The van der Waals surface area contributed by atoms with E-state index >= 15 is 0 Å². The summed E-state index contributed by atoms with van der Waals surface area (Å²) in [5.74, 6) is 0. The van der Waals surface area contributed by atoms with Crippen molar-refractivity contribution in [1.82, 2.24) is 0 Å². The van der Waals surface area contributed by atoms with E-state index in [1.807, 2.05) is 6.07 Å². The minimum atomic E-state index is -0.344. The van der Waals surface area contributed by atoms with Gasteiger partial charge < -0.3 is 10.4 Å². The van der Waals surface area contributed by atoms with Crippen molar-refractivity contribution in [2.75, 3.05) is 18.5 Å². The molecule has 0 bridgehead atoms. The average molecular weight is 252 g/mol. The van der Waals surface area contributed by atoms with Crippen LogP contribution in [0.1, 0.15) is 31.2 Å². The number of anilines is 1. The second-order valence-corrected chi connectivity index (χ2v) is 4.29. The maximum atomic E-state index is 11.0. The Bertz CT molecular complexity index is 394. The Balaban J connectivity index is 2.47. The molecule has 0 aliphatic rings. The number of hydrogen-bond donors (Lipinski definition) is 2. The standard InChI is InChI=1S/C13H20N2O3/c1-11-7-6-8-12(13(11)15(17)18)14-9-4-2-3-5-10-16/h6-8,14,16H,2-5,9-10H2,1H3. The van der Waals surface area contributed by atoms with Gasteiger partial charge in [0.2, 0.25) is 0 Å². The van der Waals surface area contributed by atoms with E-state index in [1.54, 1.807) is 19.1 Å². The number of hydrogen-bond acceptors (Lipinski definition) is 4. The van der Waals surface area contributed by atoms with Gasteiger partial charge in [0, 0.05) is 18.7 Å². The van der Waals surface area contributed by atoms with E-state index in [4.69, 9.17) is 5.11 Å². The minimum absolute atomic E-state index is 0.160. The summed E-state index contributed by atoms with van der Waals surface area (Å²) in [6, 6.07) is 5.29. The number of para-hydroxylation sites is 1. The third kappa shape index (κ3) is 4.33. The van der Waals surface area contributed by atoms with Crippen LogP contribution in [0.3, 0.4) is 0 Å². The van der Waals surface area contributed by atoms with Crippen molar-refractivity contribution in [2.45, 2.75) is 32.6 Å². The molecule has 0 heterocycles. The minimum Gasteiger partial charge on any atom is -0.396 e. The number of nitrogens with one attached hydrogen (secondary N) is 1. The van der Waals surface area contributed by atoms with Crippen LogP contribution in [0.25, 0.3) is 0 Å². The fourth-order valence-corrected chi connectivity index (χ4v) is 1.86. The summed E-state index contributed by atoms with van der Waals surface area (Å²) in [6.45, 7) is 2.69. The van der Waals surface area contributed by atoms with Crippen molar-refractivity contribution < 1.29 is 10.0 Å². The van der Waals surface area contributed by atoms with Gasteiger partial charge in [-0.3, -0.25) is 10.1 Å². The smallest absolute Gasteiger partial charge is 0.295 e. The van der Waals surface area contributed by atoms with Crippen LogP contribution in [0.2, 0.25) is 0 Å². The zero-order chi connectivity index (χ0) is 13.4. The number of rotatable bonds is 8. The van der Waals surface area contributed by atoms with Crippen LogP contribution in [0, 0.1) is 17.0 Å². The summed E-state index contributed by atoms with van der Waals surface area (Å²) in [6.07, 6.45) is 3.79. The molecule has 0 radical (unpaired) electrons. The number of benzene rings is 1. The number of aryl methyl sites for hydroxylation is 1. The highest BCUT2D eigenvalue weighted by molar-refractivity contribution is 5.64. The summed E-state index contributed by atoms with van der Waals surface area (Å²) < 4.78 is 0. The number of aliphatic hydroxyl groups is 1. The van der Waals surface area contributed by atoms with Gasteiger partial charge in [-0.25, -0.2) is 0 Å². The first-order valence-electron chi connectivity index (χ1n) is 6.25. The van der Waals surface area contributed by atoms with Gasteiger partial charge in [-0.2, -0.15) is 0 Å². The second-order valence-electron chi connectivity index (χ2n) is 4.29. The van der Waals surface area contributed by atoms with Crippen molar-refractivity contribution in [3.63, 3.8) is 0 Å². The lowest BCUT2D eigenvalue weighted by atomic mass is 10.1. The molecule has 0 spiro atoms. The first-order valence-corrected chi connectivity index (χ1v) is 6.25. The van der Waals surface area contributed by atoms with Crippen molar-refractivity contribution >= 4 is 11.4 Å². The molecule has 0 amide bonds. The predicted molar refractivity (Wildman–Crippen MR) is 71.9 cm³/mol. The van der Waals surface area contributed by atoms with Crippen LogP contribution in [0.5, 0.6) is 0 Å². The van der Waals surface area contributed by atoms with Gasteiger partial charge >= 0.3 is 0 Å². The van der Waals surface area contributed by atoms with Gasteiger partial charge in [0.1, 0.15) is 5.69 Å². The number of unbranched alkanes of at least 4 members (excludes halogenated alkanes) is 3. The summed E-state index contributed by atoms with van der Waals surface area (Å²) in [7, 11) is 0. The largest absolute Gasteiger partial charge is 0.396 e. The summed E-state index contributed by atoms with van der Waals surface area (Å²) >= 11 is 0. The van der Waals surface area contributed by atoms with E-state index in [-0.39, 0.29) is 17.2 Å². The van der Waals surface area contributed by atoms with Crippen molar-refractivity contribution in [2.24, 2.45) is 0 Å². The molecule has 0 unspecified atom stereocenters. The lowest BCUT2D eigenvalue weighted by Crippen LogP contribution is -2.05. The Morgan fingerprint density at radius 1 is 1.28 bits per heavy atom. The lowest BCUT2D eigenvalue weighted by Gasteiger charge is -2.08. The summed E-state index contributed by atoms with van der Waals surface area (Å²) in [5, 5.41) is 22.7. The molecule has 0 saturated heterocycles. The molecule has 0 fully saturated rings. The molecule has 1 aromatic rings. The van der Waals surface area contributed by atoms with Crippen LogP contribution in [0.4, 0.5) is 11.4 Å². The van der Waals surface area contributed by atoms with Crippen LogP contribution in [-0.4, -0.2) is 23.2 Å². The highest BCUT2D eigenvalue weighted by Crippen LogP contribution is 2.27. The fraction of sp³-hybridized carbons (Fsp3) is 0.538.